The molecule has 0 saturated carbocycles. The molecule has 0 unspecified atom stereocenters. The number of nitrogens with zero attached hydrogens (tertiary/aromatic N) is 2. The fourth-order valence-electron chi connectivity index (χ4n) is 2.63. The zero-order valence-corrected chi connectivity index (χ0v) is 11.5. The van der Waals surface area contributed by atoms with Gasteiger partial charge in [-0.25, -0.2) is 0 Å². The molecule has 0 spiro atoms. The Morgan fingerprint density at radius 1 is 1.26 bits per heavy atom. The van der Waals surface area contributed by atoms with Crippen LogP contribution in [0.3, 0.4) is 0 Å². The first-order chi connectivity index (χ1) is 9.24. The van der Waals surface area contributed by atoms with Crippen molar-refractivity contribution in [1.29, 1.82) is 0 Å². The lowest BCUT2D eigenvalue weighted by Gasteiger charge is -2.29. The maximum absolute atomic E-state index is 9.55. The normalized spacial score (nSPS) is 18.0. The van der Waals surface area contributed by atoms with Gasteiger partial charge in [-0.05, 0) is 25.0 Å². The Hall–Kier alpha value is -1.16. The van der Waals surface area contributed by atoms with Gasteiger partial charge in [-0.2, -0.15) is 0 Å². The molecular formula is C15H17ClN2O. The zero-order chi connectivity index (χ0) is 13.2. The van der Waals surface area contributed by atoms with Gasteiger partial charge in [-0.1, -0.05) is 23.7 Å². The molecule has 1 saturated heterocycles. The Kier molecular flexibility index (Phi) is 3.69. The van der Waals surface area contributed by atoms with E-state index in [-0.39, 0.29) is 6.10 Å². The molecule has 0 amide bonds. The molecule has 1 aliphatic heterocycles. The first-order valence-electron chi connectivity index (χ1n) is 6.66. The van der Waals surface area contributed by atoms with Crippen LogP contribution in [0.15, 0.2) is 30.5 Å². The largest absolute Gasteiger partial charge is 0.393 e. The summed E-state index contributed by atoms with van der Waals surface area (Å²) in [5, 5.41) is 11.5. The van der Waals surface area contributed by atoms with Gasteiger partial charge in [0.1, 0.15) is 0 Å². The SMILES string of the molecule is OC1CCN(Cc2c(Cl)ccc3cccnc23)CC1. The van der Waals surface area contributed by atoms with Gasteiger partial charge in [-0.3, -0.25) is 9.88 Å². The molecule has 1 aromatic carbocycles. The number of piperidine rings is 1. The first kappa shape index (κ1) is 12.9. The molecule has 0 atom stereocenters. The van der Waals surface area contributed by atoms with Crippen LogP contribution in [0.25, 0.3) is 10.9 Å². The van der Waals surface area contributed by atoms with Crippen molar-refractivity contribution in [3.63, 3.8) is 0 Å². The van der Waals surface area contributed by atoms with Gasteiger partial charge in [0.2, 0.25) is 0 Å². The Bertz CT molecular complexity index is 579. The van der Waals surface area contributed by atoms with E-state index in [1.165, 1.54) is 0 Å². The minimum atomic E-state index is -0.141. The number of pyridine rings is 1. The number of aromatic nitrogens is 1. The van der Waals surface area contributed by atoms with Crippen LogP contribution in [-0.2, 0) is 6.54 Å². The second-order valence-electron chi connectivity index (χ2n) is 5.11. The van der Waals surface area contributed by atoms with Crippen LogP contribution < -0.4 is 0 Å². The number of likely N-dealkylation sites (tertiary alicyclic amines) is 1. The molecule has 0 aliphatic carbocycles. The van der Waals surface area contributed by atoms with Crippen LogP contribution in [-0.4, -0.2) is 34.2 Å². The zero-order valence-electron chi connectivity index (χ0n) is 10.7. The molecule has 1 fully saturated rings. The van der Waals surface area contributed by atoms with Crippen molar-refractivity contribution in [3.8, 4) is 0 Å². The topological polar surface area (TPSA) is 36.4 Å². The van der Waals surface area contributed by atoms with Crippen LogP contribution in [0.5, 0.6) is 0 Å². The molecule has 1 N–H and O–H groups in total. The average molecular weight is 277 g/mol. The molecule has 19 heavy (non-hydrogen) atoms. The van der Waals surface area contributed by atoms with E-state index in [0.29, 0.717) is 0 Å². The molecule has 3 rings (SSSR count). The van der Waals surface area contributed by atoms with Crippen LogP contribution >= 0.6 is 11.6 Å². The van der Waals surface area contributed by atoms with Crippen LogP contribution in [0, 0.1) is 0 Å². The number of hydrogen-bond donors (Lipinski definition) is 1. The average Bonchev–Trinajstić information content (AvgIpc) is 2.44. The quantitative estimate of drug-likeness (QED) is 0.916. The van der Waals surface area contributed by atoms with Crippen molar-refractivity contribution in [2.45, 2.75) is 25.5 Å². The number of benzene rings is 1. The van der Waals surface area contributed by atoms with Crippen molar-refractivity contribution in [3.05, 3.63) is 41.0 Å². The maximum atomic E-state index is 9.55. The maximum Gasteiger partial charge on any atom is 0.0761 e. The van der Waals surface area contributed by atoms with Gasteiger partial charge in [-0.15, -0.1) is 0 Å². The van der Waals surface area contributed by atoms with E-state index in [0.717, 1.165) is 54.0 Å². The highest BCUT2D eigenvalue weighted by Gasteiger charge is 2.19. The fraction of sp³-hybridized carbons (Fsp3) is 0.400. The third kappa shape index (κ3) is 2.73. The number of fused-ring (bicyclic) bond motifs is 1. The highest BCUT2D eigenvalue weighted by Crippen LogP contribution is 2.26. The summed E-state index contributed by atoms with van der Waals surface area (Å²) in [6, 6.07) is 7.95. The lowest BCUT2D eigenvalue weighted by molar-refractivity contribution is 0.0794. The minimum Gasteiger partial charge on any atom is -0.393 e. The standard InChI is InChI=1S/C15H17ClN2O/c16-14-4-3-11-2-1-7-17-15(11)13(14)10-18-8-5-12(19)6-9-18/h1-4,7,12,19H,5-6,8-10H2. The Morgan fingerprint density at radius 2 is 2.05 bits per heavy atom. The third-order valence-electron chi connectivity index (χ3n) is 3.76. The van der Waals surface area contributed by atoms with Gasteiger partial charge in [0.05, 0.1) is 11.6 Å². The van der Waals surface area contributed by atoms with E-state index in [1.807, 2.05) is 24.4 Å². The van der Waals surface area contributed by atoms with Crippen molar-refractivity contribution in [2.24, 2.45) is 0 Å². The van der Waals surface area contributed by atoms with Gasteiger partial charge in [0.15, 0.2) is 0 Å². The molecule has 100 valence electrons. The number of aliphatic hydroxyl groups excluding tert-OH is 1. The summed E-state index contributed by atoms with van der Waals surface area (Å²) in [5.74, 6) is 0. The molecule has 2 aromatic rings. The highest BCUT2D eigenvalue weighted by molar-refractivity contribution is 6.32. The van der Waals surface area contributed by atoms with E-state index in [9.17, 15) is 5.11 Å². The lowest BCUT2D eigenvalue weighted by atomic mass is 10.1. The number of aliphatic hydroxyl groups is 1. The second kappa shape index (κ2) is 5.45. The smallest absolute Gasteiger partial charge is 0.0761 e. The summed E-state index contributed by atoms with van der Waals surface area (Å²) in [4.78, 5) is 6.80. The number of rotatable bonds is 2. The third-order valence-corrected chi connectivity index (χ3v) is 4.12. The summed E-state index contributed by atoms with van der Waals surface area (Å²) >= 11 is 6.34. The highest BCUT2D eigenvalue weighted by atomic mass is 35.5. The van der Waals surface area contributed by atoms with Crippen molar-refractivity contribution >= 4 is 22.5 Å². The molecule has 2 heterocycles. The molecule has 1 aromatic heterocycles. The van der Waals surface area contributed by atoms with E-state index >= 15 is 0 Å². The molecular weight excluding hydrogens is 260 g/mol. The predicted octanol–water partition coefficient (Wildman–Crippen LogP) is 2.84. The molecule has 3 nitrogen and oxygen atoms in total. The second-order valence-corrected chi connectivity index (χ2v) is 5.52. The first-order valence-corrected chi connectivity index (χ1v) is 7.04. The summed E-state index contributed by atoms with van der Waals surface area (Å²) in [6.45, 7) is 2.64. The molecule has 0 bridgehead atoms. The Balaban J connectivity index is 1.89. The summed E-state index contributed by atoms with van der Waals surface area (Å²) < 4.78 is 0. The monoisotopic (exact) mass is 276 g/mol. The molecule has 0 radical (unpaired) electrons. The van der Waals surface area contributed by atoms with Gasteiger partial charge >= 0.3 is 0 Å². The van der Waals surface area contributed by atoms with E-state index < -0.39 is 0 Å². The lowest BCUT2D eigenvalue weighted by Crippen LogP contribution is -2.35. The summed E-state index contributed by atoms with van der Waals surface area (Å²) in [6.07, 6.45) is 3.35. The molecule has 1 aliphatic rings. The van der Waals surface area contributed by atoms with Gasteiger partial charge in [0.25, 0.3) is 0 Å². The van der Waals surface area contributed by atoms with Gasteiger partial charge < -0.3 is 5.11 Å². The van der Waals surface area contributed by atoms with Crippen LogP contribution in [0.4, 0.5) is 0 Å². The predicted molar refractivity (Wildman–Crippen MR) is 77.3 cm³/mol. The van der Waals surface area contributed by atoms with Crippen LogP contribution in [0.1, 0.15) is 18.4 Å². The van der Waals surface area contributed by atoms with Crippen molar-refractivity contribution in [1.82, 2.24) is 9.88 Å². The minimum absolute atomic E-state index is 0.141. The summed E-state index contributed by atoms with van der Waals surface area (Å²) in [7, 11) is 0. The van der Waals surface area contributed by atoms with Crippen molar-refractivity contribution < 1.29 is 5.11 Å². The van der Waals surface area contributed by atoms with E-state index in [2.05, 4.69) is 16.0 Å². The van der Waals surface area contributed by atoms with Gasteiger partial charge in [0, 0.05) is 41.8 Å². The van der Waals surface area contributed by atoms with E-state index in [4.69, 9.17) is 11.6 Å². The fourth-order valence-corrected chi connectivity index (χ4v) is 2.84. The van der Waals surface area contributed by atoms with Crippen LogP contribution in [0.2, 0.25) is 5.02 Å². The van der Waals surface area contributed by atoms with Crippen molar-refractivity contribution in [2.75, 3.05) is 13.1 Å². The Labute approximate surface area is 117 Å². The number of halogens is 1. The number of hydrogen-bond acceptors (Lipinski definition) is 3. The Morgan fingerprint density at radius 3 is 2.84 bits per heavy atom. The van der Waals surface area contributed by atoms with E-state index in [1.54, 1.807) is 0 Å². The molecule has 4 heteroatoms. The summed E-state index contributed by atoms with van der Waals surface area (Å²) in [5.41, 5.74) is 2.08.